The quantitative estimate of drug-likeness (QED) is 0.789. The number of aryl methyl sites for hydroxylation is 2. The van der Waals surface area contributed by atoms with E-state index in [0.29, 0.717) is 11.3 Å². The van der Waals surface area contributed by atoms with Crippen molar-refractivity contribution in [2.75, 3.05) is 0 Å². The predicted molar refractivity (Wildman–Crippen MR) is 71.3 cm³/mol. The number of benzene rings is 1. The first-order valence-electron chi connectivity index (χ1n) is 5.32. The Labute approximate surface area is 109 Å². The minimum atomic E-state index is -0.0550. The van der Waals surface area contributed by atoms with Crippen LogP contribution in [0.2, 0.25) is 0 Å². The first-order valence-corrected chi connectivity index (χ1v) is 6.11. The zero-order valence-electron chi connectivity index (χ0n) is 9.70. The summed E-state index contributed by atoms with van der Waals surface area (Å²) in [6, 6.07) is 9.31. The van der Waals surface area contributed by atoms with E-state index in [2.05, 4.69) is 20.9 Å². The topological polar surface area (TPSA) is 30.0 Å². The molecule has 2 nitrogen and oxygen atoms in total. The maximum Gasteiger partial charge on any atom is 0.212 e. The summed E-state index contributed by atoms with van der Waals surface area (Å²) in [6.45, 7) is 4.03. The van der Waals surface area contributed by atoms with Gasteiger partial charge in [-0.1, -0.05) is 12.1 Å². The molecular weight excluding hydrogens is 278 g/mol. The Morgan fingerprint density at radius 2 is 1.94 bits per heavy atom. The van der Waals surface area contributed by atoms with Crippen molar-refractivity contribution >= 4 is 21.7 Å². The number of aromatic nitrogens is 1. The molecule has 0 N–H and O–H groups in total. The molecule has 0 saturated carbocycles. The van der Waals surface area contributed by atoms with Gasteiger partial charge >= 0.3 is 0 Å². The zero-order valence-corrected chi connectivity index (χ0v) is 11.3. The minimum Gasteiger partial charge on any atom is -0.287 e. The largest absolute Gasteiger partial charge is 0.287 e. The molecule has 0 aliphatic rings. The van der Waals surface area contributed by atoms with Crippen molar-refractivity contribution < 1.29 is 4.79 Å². The van der Waals surface area contributed by atoms with Gasteiger partial charge in [0.25, 0.3) is 0 Å². The van der Waals surface area contributed by atoms with E-state index in [0.717, 1.165) is 10.0 Å². The average molecular weight is 290 g/mol. The van der Waals surface area contributed by atoms with Gasteiger partial charge in [-0.3, -0.25) is 9.78 Å². The summed E-state index contributed by atoms with van der Waals surface area (Å²) >= 11 is 3.34. The van der Waals surface area contributed by atoms with Crippen LogP contribution in [0.15, 0.2) is 41.0 Å². The Morgan fingerprint density at radius 3 is 2.59 bits per heavy atom. The summed E-state index contributed by atoms with van der Waals surface area (Å²) in [5, 5.41) is 0. The fraction of sp³-hybridized carbons (Fsp3) is 0.143. The molecule has 0 bridgehead atoms. The Hall–Kier alpha value is -1.48. The van der Waals surface area contributed by atoms with Crippen LogP contribution in [-0.2, 0) is 0 Å². The molecule has 2 rings (SSSR count). The molecule has 0 aliphatic carbocycles. The molecular formula is C14H12BrNO. The van der Waals surface area contributed by atoms with Crippen LogP contribution in [0.1, 0.15) is 27.2 Å². The average Bonchev–Trinajstić information content (AvgIpc) is 2.32. The number of hydrogen-bond acceptors (Lipinski definition) is 2. The fourth-order valence-corrected chi connectivity index (χ4v) is 2.01. The Bertz CT molecular complexity index is 578. The van der Waals surface area contributed by atoms with Gasteiger partial charge in [-0.2, -0.15) is 0 Å². The molecule has 17 heavy (non-hydrogen) atoms. The van der Waals surface area contributed by atoms with Gasteiger partial charge in [0, 0.05) is 16.2 Å². The molecule has 0 radical (unpaired) electrons. The van der Waals surface area contributed by atoms with E-state index < -0.39 is 0 Å². The highest BCUT2D eigenvalue weighted by atomic mass is 79.9. The number of carbonyl (C=O) groups excluding carboxylic acids is 1. The highest BCUT2D eigenvalue weighted by molar-refractivity contribution is 9.10. The number of halogens is 1. The van der Waals surface area contributed by atoms with Crippen molar-refractivity contribution in [1.82, 2.24) is 4.98 Å². The van der Waals surface area contributed by atoms with Crippen LogP contribution in [-0.4, -0.2) is 10.8 Å². The maximum atomic E-state index is 12.2. The molecule has 1 aromatic carbocycles. The van der Waals surface area contributed by atoms with Crippen LogP contribution in [0.25, 0.3) is 0 Å². The minimum absolute atomic E-state index is 0.0550. The number of rotatable bonds is 2. The normalized spacial score (nSPS) is 10.3. The Kier molecular flexibility index (Phi) is 3.38. The summed E-state index contributed by atoms with van der Waals surface area (Å²) in [4.78, 5) is 16.3. The van der Waals surface area contributed by atoms with Crippen LogP contribution in [0.5, 0.6) is 0 Å². The van der Waals surface area contributed by atoms with Gasteiger partial charge in [0.2, 0.25) is 5.78 Å². The molecule has 0 amide bonds. The van der Waals surface area contributed by atoms with E-state index in [1.807, 2.05) is 38.1 Å². The first kappa shape index (κ1) is 12.0. The third kappa shape index (κ3) is 2.44. The van der Waals surface area contributed by atoms with Gasteiger partial charge in [-0.25, -0.2) is 0 Å². The molecule has 1 heterocycles. The lowest BCUT2D eigenvalue weighted by Crippen LogP contribution is -2.05. The van der Waals surface area contributed by atoms with Crippen molar-refractivity contribution in [1.29, 1.82) is 0 Å². The SMILES string of the molecule is Cc1ccc(C(=O)c2ncccc2Br)cc1C. The number of carbonyl (C=O) groups is 1. The molecule has 0 aliphatic heterocycles. The molecule has 1 aromatic heterocycles. The van der Waals surface area contributed by atoms with Gasteiger partial charge < -0.3 is 0 Å². The van der Waals surface area contributed by atoms with Crippen molar-refractivity contribution in [2.24, 2.45) is 0 Å². The van der Waals surface area contributed by atoms with Gasteiger partial charge in [0.05, 0.1) is 0 Å². The molecule has 0 unspecified atom stereocenters. The number of pyridine rings is 1. The number of ketones is 1. The first-order chi connectivity index (χ1) is 8.09. The standard InChI is InChI=1S/C14H12BrNO/c1-9-5-6-11(8-10(9)2)14(17)13-12(15)4-3-7-16-13/h3-8H,1-2H3. The van der Waals surface area contributed by atoms with Crippen molar-refractivity contribution in [3.8, 4) is 0 Å². The van der Waals surface area contributed by atoms with E-state index in [1.165, 1.54) is 5.56 Å². The molecule has 0 atom stereocenters. The number of nitrogens with zero attached hydrogens (tertiary/aromatic N) is 1. The second kappa shape index (κ2) is 4.80. The highest BCUT2D eigenvalue weighted by Gasteiger charge is 2.13. The summed E-state index contributed by atoms with van der Waals surface area (Å²) in [6.07, 6.45) is 1.62. The van der Waals surface area contributed by atoms with E-state index in [4.69, 9.17) is 0 Å². The van der Waals surface area contributed by atoms with Gasteiger partial charge in [-0.15, -0.1) is 0 Å². The van der Waals surface area contributed by atoms with Crippen LogP contribution in [0.3, 0.4) is 0 Å². The summed E-state index contributed by atoms with van der Waals surface area (Å²) in [7, 11) is 0. The van der Waals surface area contributed by atoms with E-state index in [1.54, 1.807) is 12.3 Å². The highest BCUT2D eigenvalue weighted by Crippen LogP contribution is 2.19. The van der Waals surface area contributed by atoms with Gasteiger partial charge in [0.1, 0.15) is 5.69 Å². The summed E-state index contributed by atoms with van der Waals surface area (Å²) in [5.41, 5.74) is 3.42. The molecule has 0 fully saturated rings. The van der Waals surface area contributed by atoms with Crippen LogP contribution < -0.4 is 0 Å². The van der Waals surface area contributed by atoms with Crippen molar-refractivity contribution in [2.45, 2.75) is 13.8 Å². The molecule has 0 spiro atoms. The lowest BCUT2D eigenvalue weighted by molar-refractivity contribution is 0.103. The Balaban J connectivity index is 2.44. The molecule has 86 valence electrons. The van der Waals surface area contributed by atoms with Gasteiger partial charge in [0.15, 0.2) is 0 Å². The van der Waals surface area contributed by atoms with E-state index >= 15 is 0 Å². The zero-order chi connectivity index (χ0) is 12.4. The lowest BCUT2D eigenvalue weighted by atomic mass is 10.0. The third-order valence-corrected chi connectivity index (χ3v) is 3.38. The maximum absolute atomic E-state index is 12.2. The number of hydrogen-bond donors (Lipinski definition) is 0. The van der Waals surface area contributed by atoms with Crippen molar-refractivity contribution in [3.63, 3.8) is 0 Å². The summed E-state index contributed by atoms with van der Waals surface area (Å²) < 4.78 is 0.725. The third-order valence-electron chi connectivity index (χ3n) is 2.74. The van der Waals surface area contributed by atoms with Crippen LogP contribution in [0.4, 0.5) is 0 Å². The summed E-state index contributed by atoms with van der Waals surface area (Å²) in [5.74, 6) is -0.0550. The van der Waals surface area contributed by atoms with Crippen molar-refractivity contribution in [3.05, 3.63) is 63.4 Å². The monoisotopic (exact) mass is 289 g/mol. The molecule has 3 heteroatoms. The fourth-order valence-electron chi connectivity index (χ4n) is 1.57. The Morgan fingerprint density at radius 1 is 1.18 bits per heavy atom. The van der Waals surface area contributed by atoms with Gasteiger partial charge in [-0.05, 0) is 59.1 Å². The molecule has 2 aromatic rings. The van der Waals surface area contributed by atoms with Crippen LogP contribution >= 0.6 is 15.9 Å². The van der Waals surface area contributed by atoms with E-state index in [-0.39, 0.29) is 5.78 Å². The second-order valence-corrected chi connectivity index (χ2v) is 4.82. The smallest absolute Gasteiger partial charge is 0.212 e. The lowest BCUT2D eigenvalue weighted by Gasteiger charge is -2.05. The second-order valence-electron chi connectivity index (χ2n) is 3.96. The molecule has 0 saturated heterocycles. The van der Waals surface area contributed by atoms with E-state index in [9.17, 15) is 4.79 Å². The predicted octanol–water partition coefficient (Wildman–Crippen LogP) is 3.69. The van der Waals surface area contributed by atoms with Crippen LogP contribution in [0, 0.1) is 13.8 Å².